The van der Waals surface area contributed by atoms with Gasteiger partial charge in [-0.3, -0.25) is 9.59 Å². The summed E-state index contributed by atoms with van der Waals surface area (Å²) in [5.74, 6) is -0.940. The molecular weight excluding hydrogens is 566 g/mol. The minimum absolute atomic E-state index is 0. The van der Waals surface area contributed by atoms with Crippen molar-refractivity contribution >= 4 is 19.4 Å². The van der Waals surface area contributed by atoms with Crippen LogP contribution in [0.5, 0.6) is 23.0 Å². The van der Waals surface area contributed by atoms with E-state index >= 15 is 0 Å². The average molecular weight is 597 g/mol. The van der Waals surface area contributed by atoms with Crippen LogP contribution in [0, 0.1) is 0 Å². The zero-order chi connectivity index (χ0) is 29.6. The molecule has 0 amide bonds. The van der Waals surface area contributed by atoms with Crippen LogP contribution in [0.3, 0.4) is 0 Å². The number of Topliss-reactive ketones (excluding diaryl/α,β-unsaturated/α-hetero) is 2. The third-order valence-corrected chi connectivity index (χ3v) is 7.62. The number of carbonyl (C=O) groups excluding carboxylic acids is 2. The molecule has 0 aliphatic heterocycles. The maximum absolute atomic E-state index is 13.1. The number of hydrogen-bond acceptors (Lipinski definition) is 8. The first kappa shape index (κ1) is 33.1. The third kappa shape index (κ3) is 8.34. The summed E-state index contributed by atoms with van der Waals surface area (Å²) in [6.07, 6.45) is 1.09. The van der Waals surface area contributed by atoms with E-state index in [0.717, 1.165) is 11.1 Å². The van der Waals surface area contributed by atoms with Gasteiger partial charge in [-0.2, -0.15) is 0 Å². The zero-order valence-corrected chi connectivity index (χ0v) is 26.5. The molecule has 2 unspecified atom stereocenters. The molecule has 4 aromatic carbocycles. The van der Waals surface area contributed by atoms with Crippen molar-refractivity contribution in [2.75, 3.05) is 0 Å². The van der Waals surface area contributed by atoms with Crippen LogP contribution in [-0.4, -0.2) is 21.8 Å². The number of phenols is 2. The normalized spacial score (nSPS) is 13.6. The summed E-state index contributed by atoms with van der Waals surface area (Å²) in [5, 5.41) is 19.0. The Morgan fingerprint density at radius 3 is 1.24 bits per heavy atom. The number of ketones is 2. The first-order chi connectivity index (χ1) is 19.6. The van der Waals surface area contributed by atoms with Gasteiger partial charge >= 0.3 is 37.4 Å². The SMILES string of the molecule is CCC(C(=O)c1ccc(OP(=O)([O-])Oc2ccc(C(=O)C(CC)c3ccc(O)cc3)cc2)cc1)c1ccc(O)cc1.[Na+]. The van der Waals surface area contributed by atoms with Gasteiger partial charge in [0.25, 0.3) is 0 Å². The van der Waals surface area contributed by atoms with Gasteiger partial charge in [-0.1, -0.05) is 38.1 Å². The molecule has 0 fully saturated rings. The standard InChI is InChI=1S/C32H31O8P.Na/c1-3-29(21-5-13-25(33)14-6-21)31(35)23-9-17-27(18-10-23)39-41(37,38)40-28-19-11-24(12-20-28)32(36)30(4-2)22-7-15-26(34)16-8-22;/h5-20,29-30,33-34H,3-4H2,1-2H3,(H,37,38);/q;+1/p-1. The molecule has 0 aliphatic rings. The predicted molar refractivity (Wildman–Crippen MR) is 153 cm³/mol. The van der Waals surface area contributed by atoms with E-state index in [9.17, 15) is 29.3 Å². The van der Waals surface area contributed by atoms with E-state index in [1.54, 1.807) is 24.3 Å². The van der Waals surface area contributed by atoms with Gasteiger partial charge in [-0.25, -0.2) is 4.57 Å². The minimum atomic E-state index is -4.84. The summed E-state index contributed by atoms with van der Waals surface area (Å²) in [4.78, 5) is 38.7. The summed E-state index contributed by atoms with van der Waals surface area (Å²) in [7, 11) is -4.84. The maximum atomic E-state index is 13.1. The molecule has 2 N–H and O–H groups in total. The fraction of sp³-hybridized carbons (Fsp3) is 0.188. The largest absolute Gasteiger partial charge is 1.00 e. The summed E-state index contributed by atoms with van der Waals surface area (Å²) in [6, 6.07) is 24.3. The molecule has 8 nitrogen and oxygen atoms in total. The van der Waals surface area contributed by atoms with E-state index < -0.39 is 19.7 Å². The number of phenolic OH excluding ortho intramolecular Hbond substituents is 2. The number of benzene rings is 4. The average Bonchev–Trinajstić information content (AvgIpc) is 2.96. The molecule has 0 bridgehead atoms. The quantitative estimate of drug-likeness (QED) is 0.144. The molecule has 0 radical (unpaired) electrons. The van der Waals surface area contributed by atoms with Gasteiger partial charge in [0, 0.05) is 23.0 Å². The van der Waals surface area contributed by atoms with Crippen molar-refractivity contribution in [2.45, 2.75) is 38.5 Å². The number of hydrogen-bond donors (Lipinski definition) is 2. The molecule has 2 atom stereocenters. The number of rotatable bonds is 12. The molecule has 0 saturated heterocycles. The van der Waals surface area contributed by atoms with Gasteiger partial charge in [0.05, 0.1) is 0 Å². The van der Waals surface area contributed by atoms with E-state index in [1.165, 1.54) is 72.8 Å². The molecule has 212 valence electrons. The Bertz CT molecular complexity index is 1420. The fourth-order valence-corrected chi connectivity index (χ4v) is 5.39. The minimum Gasteiger partial charge on any atom is -0.736 e. The summed E-state index contributed by atoms with van der Waals surface area (Å²) < 4.78 is 22.7. The second kappa shape index (κ2) is 14.7. The Balaban J connectivity index is 0.00000484. The smallest absolute Gasteiger partial charge is 0.736 e. The van der Waals surface area contributed by atoms with Gasteiger partial charge in [0.1, 0.15) is 23.0 Å². The van der Waals surface area contributed by atoms with Gasteiger partial charge in [-0.05, 0) is 96.8 Å². The van der Waals surface area contributed by atoms with E-state index in [4.69, 9.17) is 9.05 Å². The topological polar surface area (TPSA) is 133 Å². The van der Waals surface area contributed by atoms with Crippen molar-refractivity contribution in [3.63, 3.8) is 0 Å². The number of aromatic hydroxyl groups is 2. The second-order valence-electron chi connectivity index (χ2n) is 9.51. The van der Waals surface area contributed by atoms with Gasteiger partial charge in [0.2, 0.25) is 0 Å². The molecule has 0 aliphatic carbocycles. The van der Waals surface area contributed by atoms with Crippen LogP contribution in [0.25, 0.3) is 0 Å². The Morgan fingerprint density at radius 2 is 0.952 bits per heavy atom. The predicted octanol–water partition coefficient (Wildman–Crippen LogP) is 3.78. The fourth-order valence-electron chi connectivity index (χ4n) is 4.60. The molecule has 0 heterocycles. The van der Waals surface area contributed by atoms with E-state index in [1.807, 2.05) is 13.8 Å². The van der Waals surface area contributed by atoms with Crippen molar-refractivity contribution in [3.8, 4) is 23.0 Å². The third-order valence-electron chi connectivity index (χ3n) is 6.75. The van der Waals surface area contributed by atoms with Gasteiger partial charge in [-0.15, -0.1) is 0 Å². The van der Waals surface area contributed by atoms with Gasteiger partial charge in [0.15, 0.2) is 11.6 Å². The maximum Gasteiger partial charge on any atom is 1.00 e. The first-order valence-corrected chi connectivity index (χ1v) is 14.6. The Labute approximate surface area is 266 Å². The van der Waals surface area contributed by atoms with Crippen LogP contribution < -0.4 is 43.5 Å². The molecule has 10 heteroatoms. The number of carbonyl (C=O) groups is 2. The van der Waals surface area contributed by atoms with Crippen LogP contribution in [0.1, 0.15) is 70.4 Å². The van der Waals surface area contributed by atoms with Crippen molar-refractivity contribution in [3.05, 3.63) is 119 Å². The van der Waals surface area contributed by atoms with Crippen molar-refractivity contribution in [1.82, 2.24) is 0 Å². The van der Waals surface area contributed by atoms with Crippen LogP contribution >= 0.6 is 7.82 Å². The van der Waals surface area contributed by atoms with Crippen LogP contribution in [-0.2, 0) is 4.57 Å². The van der Waals surface area contributed by atoms with Crippen LogP contribution in [0.4, 0.5) is 0 Å². The van der Waals surface area contributed by atoms with Crippen LogP contribution in [0.2, 0.25) is 0 Å². The number of phosphoric acid groups is 1. The Hall–Kier alpha value is -3.39. The Kier molecular flexibility index (Phi) is 11.6. The molecule has 0 spiro atoms. The van der Waals surface area contributed by atoms with Crippen LogP contribution in [0.15, 0.2) is 97.1 Å². The Morgan fingerprint density at radius 1 is 0.643 bits per heavy atom. The van der Waals surface area contributed by atoms with Crippen molar-refractivity contribution in [2.24, 2.45) is 0 Å². The molecule has 4 rings (SSSR count). The summed E-state index contributed by atoms with van der Waals surface area (Å²) in [5.41, 5.74) is 2.31. The summed E-state index contributed by atoms with van der Waals surface area (Å²) in [6.45, 7) is 3.77. The molecule has 0 aromatic heterocycles. The molecular formula is C32H30NaO8P. The molecule has 0 saturated carbocycles. The summed E-state index contributed by atoms with van der Waals surface area (Å²) >= 11 is 0. The second-order valence-corrected chi connectivity index (χ2v) is 10.8. The van der Waals surface area contributed by atoms with E-state index in [-0.39, 0.29) is 64.1 Å². The molecule has 42 heavy (non-hydrogen) atoms. The monoisotopic (exact) mass is 596 g/mol. The van der Waals surface area contributed by atoms with E-state index in [2.05, 4.69) is 0 Å². The van der Waals surface area contributed by atoms with E-state index in [0.29, 0.717) is 24.0 Å². The zero-order valence-electron chi connectivity index (χ0n) is 23.6. The first-order valence-electron chi connectivity index (χ1n) is 13.2. The van der Waals surface area contributed by atoms with Crippen molar-refractivity contribution < 1.29 is 67.9 Å². The number of phosphoric ester groups is 1. The van der Waals surface area contributed by atoms with Gasteiger partial charge < -0.3 is 24.2 Å². The van der Waals surface area contributed by atoms with Crippen molar-refractivity contribution in [1.29, 1.82) is 0 Å². The molecule has 4 aromatic rings.